The number of hydrogen-bond donors (Lipinski definition) is 1. The van der Waals surface area contributed by atoms with Gasteiger partial charge in [-0.25, -0.2) is 9.37 Å². The average Bonchev–Trinajstić information content (AvgIpc) is 3.51. The van der Waals surface area contributed by atoms with Crippen LogP contribution < -0.4 is 9.80 Å². The highest BCUT2D eigenvalue weighted by Crippen LogP contribution is 2.38. The molecular formula is C20H24FN7O2. The summed E-state index contributed by atoms with van der Waals surface area (Å²) in [6.45, 7) is 2.57. The standard InChI is InChI=1S/C20H24FN7O2/c21-8-15-12-29-6-5-26(15)17-7-19(27-13-1-2-14(27)11-30-10-13)24-20-16(17)9-23-28(20)18-3-4-22-25-18/h3-4,7,9,13-15H,1-2,5-6,8,10-12H2,(H,22,25). The summed E-state index contributed by atoms with van der Waals surface area (Å²) in [5.74, 6) is 1.65. The predicted molar refractivity (Wildman–Crippen MR) is 109 cm³/mol. The second-order valence-electron chi connectivity index (χ2n) is 8.14. The largest absolute Gasteiger partial charge is 0.377 e. The number of hydrogen-bond acceptors (Lipinski definition) is 7. The Kier molecular flexibility index (Phi) is 4.34. The molecule has 3 saturated heterocycles. The Bertz CT molecular complexity index is 1020. The first kappa shape index (κ1) is 18.1. The zero-order valence-corrected chi connectivity index (χ0v) is 16.6. The van der Waals surface area contributed by atoms with Crippen LogP contribution in [0, 0.1) is 0 Å². The molecule has 0 amide bonds. The summed E-state index contributed by atoms with van der Waals surface area (Å²) in [5, 5.41) is 12.5. The van der Waals surface area contributed by atoms with E-state index in [-0.39, 0.29) is 6.04 Å². The Morgan fingerprint density at radius 3 is 2.80 bits per heavy atom. The molecule has 0 aromatic carbocycles. The van der Waals surface area contributed by atoms with Gasteiger partial charge in [-0.1, -0.05) is 0 Å². The highest BCUT2D eigenvalue weighted by Gasteiger charge is 2.39. The summed E-state index contributed by atoms with van der Waals surface area (Å²) >= 11 is 0. The smallest absolute Gasteiger partial charge is 0.169 e. The van der Waals surface area contributed by atoms with Gasteiger partial charge in [-0.15, -0.1) is 0 Å². The second-order valence-corrected chi connectivity index (χ2v) is 8.14. The lowest BCUT2D eigenvalue weighted by atomic mass is 10.1. The van der Waals surface area contributed by atoms with Crippen LogP contribution in [-0.2, 0) is 9.47 Å². The van der Waals surface area contributed by atoms with E-state index in [1.165, 1.54) is 0 Å². The third kappa shape index (κ3) is 2.78. The Labute approximate surface area is 172 Å². The molecule has 158 valence electrons. The first-order valence-electron chi connectivity index (χ1n) is 10.5. The van der Waals surface area contributed by atoms with Crippen molar-refractivity contribution in [2.45, 2.75) is 31.0 Å². The van der Waals surface area contributed by atoms with Crippen molar-refractivity contribution in [2.24, 2.45) is 0 Å². The minimum atomic E-state index is -0.462. The van der Waals surface area contributed by atoms with Crippen LogP contribution in [0.1, 0.15) is 12.8 Å². The van der Waals surface area contributed by atoms with E-state index < -0.39 is 6.67 Å². The quantitative estimate of drug-likeness (QED) is 0.697. The molecule has 10 heteroatoms. The molecule has 2 bridgehead atoms. The molecule has 3 aromatic heterocycles. The molecule has 3 aliphatic heterocycles. The second kappa shape index (κ2) is 7.21. The molecule has 6 heterocycles. The molecule has 0 aliphatic carbocycles. The van der Waals surface area contributed by atoms with Crippen molar-refractivity contribution in [3.05, 3.63) is 24.5 Å². The number of rotatable bonds is 4. The minimum Gasteiger partial charge on any atom is -0.377 e. The third-order valence-corrected chi connectivity index (χ3v) is 6.44. The molecule has 3 fully saturated rings. The van der Waals surface area contributed by atoms with Crippen molar-refractivity contribution in [3.63, 3.8) is 0 Å². The van der Waals surface area contributed by atoms with Crippen molar-refractivity contribution < 1.29 is 13.9 Å². The van der Waals surface area contributed by atoms with Gasteiger partial charge < -0.3 is 19.3 Å². The zero-order chi connectivity index (χ0) is 20.1. The van der Waals surface area contributed by atoms with Crippen LogP contribution in [-0.4, -0.2) is 82.7 Å². The number of alkyl halides is 1. The van der Waals surface area contributed by atoms with Crippen molar-refractivity contribution >= 4 is 22.5 Å². The normalized spacial score (nSPS) is 26.6. The van der Waals surface area contributed by atoms with Crippen LogP contribution in [0.4, 0.5) is 15.9 Å². The molecule has 3 unspecified atom stereocenters. The van der Waals surface area contributed by atoms with Crippen molar-refractivity contribution in [1.82, 2.24) is 25.0 Å². The fourth-order valence-corrected chi connectivity index (χ4v) is 4.99. The molecule has 3 aromatic rings. The van der Waals surface area contributed by atoms with Crippen LogP contribution in [0.25, 0.3) is 16.9 Å². The van der Waals surface area contributed by atoms with Gasteiger partial charge >= 0.3 is 0 Å². The molecule has 9 nitrogen and oxygen atoms in total. The highest BCUT2D eigenvalue weighted by atomic mass is 19.1. The number of aromatic nitrogens is 5. The number of anilines is 2. The number of pyridine rings is 1. The van der Waals surface area contributed by atoms with Crippen LogP contribution in [0.2, 0.25) is 0 Å². The van der Waals surface area contributed by atoms with Crippen LogP contribution in [0.15, 0.2) is 24.5 Å². The van der Waals surface area contributed by atoms with Gasteiger partial charge in [0.15, 0.2) is 11.5 Å². The summed E-state index contributed by atoms with van der Waals surface area (Å²) in [7, 11) is 0. The van der Waals surface area contributed by atoms with Gasteiger partial charge in [0.05, 0.1) is 68.0 Å². The molecule has 0 saturated carbocycles. The number of fused-ring (bicyclic) bond motifs is 3. The Morgan fingerprint density at radius 1 is 1.17 bits per heavy atom. The molecule has 3 aliphatic rings. The van der Waals surface area contributed by atoms with E-state index in [2.05, 4.69) is 31.2 Å². The first-order chi connectivity index (χ1) is 14.8. The zero-order valence-electron chi connectivity index (χ0n) is 16.6. The van der Waals surface area contributed by atoms with Gasteiger partial charge in [-0.2, -0.15) is 14.9 Å². The van der Waals surface area contributed by atoms with Gasteiger partial charge in [0.1, 0.15) is 12.5 Å². The fraction of sp³-hybridized carbons (Fsp3) is 0.550. The van der Waals surface area contributed by atoms with E-state index in [9.17, 15) is 4.39 Å². The van der Waals surface area contributed by atoms with Crippen LogP contribution >= 0.6 is 0 Å². The van der Waals surface area contributed by atoms with Gasteiger partial charge in [-0.05, 0) is 12.8 Å². The van der Waals surface area contributed by atoms with Crippen molar-refractivity contribution in [1.29, 1.82) is 0 Å². The lowest BCUT2D eigenvalue weighted by Gasteiger charge is -2.38. The number of ether oxygens (including phenoxy) is 2. The van der Waals surface area contributed by atoms with Gasteiger partial charge in [-0.3, -0.25) is 5.10 Å². The van der Waals surface area contributed by atoms with Gasteiger partial charge in [0.2, 0.25) is 0 Å². The van der Waals surface area contributed by atoms with E-state index in [0.29, 0.717) is 31.8 Å². The lowest BCUT2D eigenvalue weighted by molar-refractivity contribution is 0.0860. The Morgan fingerprint density at radius 2 is 2.03 bits per heavy atom. The minimum absolute atomic E-state index is 0.311. The summed E-state index contributed by atoms with van der Waals surface area (Å²) in [4.78, 5) is 9.53. The summed E-state index contributed by atoms with van der Waals surface area (Å²) < 4.78 is 26.9. The summed E-state index contributed by atoms with van der Waals surface area (Å²) in [5.41, 5.74) is 1.69. The van der Waals surface area contributed by atoms with E-state index in [0.717, 1.165) is 54.4 Å². The maximum Gasteiger partial charge on any atom is 0.169 e. The third-order valence-electron chi connectivity index (χ3n) is 6.44. The van der Waals surface area contributed by atoms with Gasteiger partial charge in [0, 0.05) is 18.7 Å². The first-order valence-corrected chi connectivity index (χ1v) is 10.5. The van der Waals surface area contributed by atoms with E-state index in [1.54, 1.807) is 17.1 Å². The molecular weight excluding hydrogens is 389 g/mol. The van der Waals surface area contributed by atoms with E-state index >= 15 is 0 Å². The number of nitrogens with one attached hydrogen (secondary N) is 1. The average molecular weight is 413 g/mol. The lowest BCUT2D eigenvalue weighted by Crippen LogP contribution is -2.48. The summed E-state index contributed by atoms with van der Waals surface area (Å²) in [6, 6.07) is 4.30. The topological polar surface area (TPSA) is 84.3 Å². The molecule has 6 rings (SSSR count). The number of morpholine rings is 2. The number of H-pyrrole nitrogens is 1. The van der Waals surface area contributed by atoms with Crippen LogP contribution in [0.5, 0.6) is 0 Å². The predicted octanol–water partition coefficient (Wildman–Crippen LogP) is 1.69. The maximum absolute atomic E-state index is 13.8. The van der Waals surface area contributed by atoms with Crippen molar-refractivity contribution in [2.75, 3.05) is 49.4 Å². The maximum atomic E-state index is 13.8. The van der Waals surface area contributed by atoms with E-state index in [4.69, 9.17) is 14.5 Å². The highest BCUT2D eigenvalue weighted by molar-refractivity contribution is 5.92. The van der Waals surface area contributed by atoms with Crippen LogP contribution in [0.3, 0.4) is 0 Å². The monoisotopic (exact) mass is 413 g/mol. The number of nitrogens with zero attached hydrogens (tertiary/aromatic N) is 6. The molecule has 0 radical (unpaired) electrons. The number of aromatic amines is 1. The molecule has 30 heavy (non-hydrogen) atoms. The Hall–Kier alpha value is -2.72. The fourth-order valence-electron chi connectivity index (χ4n) is 4.99. The van der Waals surface area contributed by atoms with E-state index in [1.807, 2.05) is 6.07 Å². The molecule has 0 spiro atoms. The molecule has 3 atom stereocenters. The molecule has 1 N–H and O–H groups in total. The summed E-state index contributed by atoms with van der Waals surface area (Å²) in [6.07, 6.45) is 5.70. The number of halogens is 1. The Balaban J connectivity index is 1.53. The SMILES string of the molecule is FCC1COCCN1c1cc(N2C3CCC2COC3)nc2c1cnn2-c1ccn[nH]1. The van der Waals surface area contributed by atoms with Gasteiger partial charge in [0.25, 0.3) is 0 Å². The van der Waals surface area contributed by atoms with Crippen molar-refractivity contribution in [3.8, 4) is 5.82 Å².